The van der Waals surface area contributed by atoms with Gasteiger partial charge in [0.1, 0.15) is 0 Å². The second kappa shape index (κ2) is 6.25. The van der Waals surface area contributed by atoms with Gasteiger partial charge in [-0.3, -0.25) is 4.79 Å². The second-order valence-electron chi connectivity index (χ2n) is 8.01. The molecule has 2 rings (SSSR count). The third-order valence-corrected chi connectivity index (χ3v) is 9.90. The molecule has 0 aliphatic heterocycles. The van der Waals surface area contributed by atoms with Gasteiger partial charge in [-0.05, 0) is 42.1 Å². The maximum absolute atomic E-state index is 11.7. The Balaban J connectivity index is 2.10. The molecule has 1 aliphatic carbocycles. The SMILES string of the molecule is CC(C)(C)[Si](C)(C)OCc1ccc(C2(C(=O)O)CC=CC2)cc1. The van der Waals surface area contributed by atoms with Crippen molar-refractivity contribution in [2.75, 3.05) is 0 Å². The summed E-state index contributed by atoms with van der Waals surface area (Å²) in [7, 11) is -1.76. The molecule has 0 fully saturated rings. The molecule has 3 nitrogen and oxygen atoms in total. The zero-order chi connectivity index (χ0) is 17.3. The molecular weight excluding hydrogens is 304 g/mol. The Morgan fingerprint density at radius 2 is 1.70 bits per heavy atom. The Morgan fingerprint density at radius 3 is 2.13 bits per heavy atom. The molecule has 1 aromatic rings. The van der Waals surface area contributed by atoms with Crippen LogP contribution < -0.4 is 0 Å². The van der Waals surface area contributed by atoms with E-state index in [1.165, 1.54) is 0 Å². The third-order valence-electron chi connectivity index (χ3n) is 5.42. The molecule has 1 aromatic carbocycles. The first kappa shape index (κ1) is 18.0. The van der Waals surface area contributed by atoms with Crippen LogP contribution in [-0.4, -0.2) is 19.4 Å². The molecule has 1 N–H and O–H groups in total. The number of carbonyl (C=O) groups is 1. The van der Waals surface area contributed by atoms with Crippen LogP contribution in [0.5, 0.6) is 0 Å². The van der Waals surface area contributed by atoms with Crippen LogP contribution in [0.2, 0.25) is 18.1 Å². The lowest BCUT2D eigenvalue weighted by Crippen LogP contribution is -2.40. The highest BCUT2D eigenvalue weighted by Gasteiger charge is 2.41. The van der Waals surface area contributed by atoms with E-state index in [-0.39, 0.29) is 5.04 Å². The van der Waals surface area contributed by atoms with Crippen LogP contribution in [0.3, 0.4) is 0 Å². The molecule has 126 valence electrons. The Bertz CT molecular complexity index is 586. The van der Waals surface area contributed by atoms with E-state index >= 15 is 0 Å². The summed E-state index contributed by atoms with van der Waals surface area (Å²) in [4.78, 5) is 11.7. The molecule has 0 spiro atoms. The van der Waals surface area contributed by atoms with Crippen LogP contribution in [0, 0.1) is 0 Å². The average molecular weight is 333 g/mol. The van der Waals surface area contributed by atoms with Crippen molar-refractivity contribution >= 4 is 14.3 Å². The number of carboxylic acid groups (broad SMARTS) is 1. The number of aliphatic carboxylic acids is 1. The zero-order valence-corrected chi connectivity index (χ0v) is 15.8. The molecule has 0 aromatic heterocycles. The van der Waals surface area contributed by atoms with E-state index in [1.807, 2.05) is 36.4 Å². The van der Waals surface area contributed by atoms with Crippen molar-refractivity contribution < 1.29 is 14.3 Å². The van der Waals surface area contributed by atoms with E-state index in [4.69, 9.17) is 4.43 Å². The zero-order valence-electron chi connectivity index (χ0n) is 14.8. The lowest BCUT2D eigenvalue weighted by Gasteiger charge is -2.36. The topological polar surface area (TPSA) is 46.5 Å². The van der Waals surface area contributed by atoms with Crippen molar-refractivity contribution in [2.24, 2.45) is 0 Å². The van der Waals surface area contributed by atoms with Gasteiger partial charge >= 0.3 is 5.97 Å². The summed E-state index contributed by atoms with van der Waals surface area (Å²) in [6.45, 7) is 11.8. The molecular formula is C19H28O3Si. The highest BCUT2D eigenvalue weighted by Crippen LogP contribution is 2.39. The minimum atomic E-state index is -1.76. The average Bonchev–Trinajstić information content (AvgIpc) is 2.95. The lowest BCUT2D eigenvalue weighted by molar-refractivity contribution is -0.143. The van der Waals surface area contributed by atoms with Crippen molar-refractivity contribution in [1.29, 1.82) is 0 Å². The van der Waals surface area contributed by atoms with E-state index in [9.17, 15) is 9.90 Å². The Kier molecular flexibility index (Phi) is 4.88. The van der Waals surface area contributed by atoms with Gasteiger partial charge < -0.3 is 9.53 Å². The highest BCUT2D eigenvalue weighted by atomic mass is 28.4. The van der Waals surface area contributed by atoms with E-state index < -0.39 is 19.7 Å². The van der Waals surface area contributed by atoms with Gasteiger partial charge in [-0.25, -0.2) is 0 Å². The van der Waals surface area contributed by atoms with Gasteiger partial charge in [0, 0.05) is 0 Å². The number of rotatable bonds is 5. The van der Waals surface area contributed by atoms with Gasteiger partial charge in [-0.1, -0.05) is 57.2 Å². The summed E-state index contributed by atoms with van der Waals surface area (Å²) in [6.07, 6.45) is 5.06. The van der Waals surface area contributed by atoms with Crippen LogP contribution in [-0.2, 0) is 21.2 Å². The largest absolute Gasteiger partial charge is 0.481 e. The number of benzene rings is 1. The highest BCUT2D eigenvalue weighted by molar-refractivity contribution is 6.74. The van der Waals surface area contributed by atoms with Crippen molar-refractivity contribution in [3.63, 3.8) is 0 Å². The molecule has 0 atom stereocenters. The van der Waals surface area contributed by atoms with Crippen LogP contribution in [0.15, 0.2) is 36.4 Å². The number of carboxylic acids is 1. The fourth-order valence-corrected chi connectivity index (χ4v) is 3.55. The molecule has 0 bridgehead atoms. The first-order chi connectivity index (χ1) is 10.6. The van der Waals surface area contributed by atoms with Crippen molar-refractivity contribution in [3.05, 3.63) is 47.5 Å². The molecule has 0 saturated carbocycles. The molecule has 0 amide bonds. The maximum Gasteiger partial charge on any atom is 0.314 e. The quantitative estimate of drug-likeness (QED) is 0.617. The molecule has 0 saturated heterocycles. The van der Waals surface area contributed by atoms with Crippen LogP contribution in [0.1, 0.15) is 44.7 Å². The third kappa shape index (κ3) is 3.59. The van der Waals surface area contributed by atoms with Crippen LogP contribution in [0.25, 0.3) is 0 Å². The predicted octanol–water partition coefficient (Wildman–Crippen LogP) is 4.88. The standard InChI is InChI=1S/C19H28O3Si/c1-18(2,3)23(4,5)22-14-15-8-10-16(11-9-15)19(17(20)21)12-6-7-13-19/h6-11H,12-14H2,1-5H3,(H,20,21). The fraction of sp³-hybridized carbons (Fsp3) is 0.526. The normalized spacial score (nSPS) is 17.4. The van der Waals surface area contributed by atoms with E-state index in [2.05, 4.69) is 33.9 Å². The number of hydrogen-bond donors (Lipinski definition) is 1. The van der Waals surface area contributed by atoms with Gasteiger partial charge in [-0.15, -0.1) is 0 Å². The molecule has 0 unspecified atom stereocenters. The predicted molar refractivity (Wildman–Crippen MR) is 96.1 cm³/mol. The van der Waals surface area contributed by atoms with Gasteiger partial charge in [-0.2, -0.15) is 0 Å². The van der Waals surface area contributed by atoms with Gasteiger partial charge in [0.25, 0.3) is 0 Å². The summed E-state index contributed by atoms with van der Waals surface area (Å²) in [5, 5.41) is 9.82. The Hall–Kier alpha value is -1.39. The second-order valence-corrected chi connectivity index (χ2v) is 12.8. The van der Waals surface area contributed by atoms with Gasteiger partial charge in [0.15, 0.2) is 8.32 Å². The first-order valence-corrected chi connectivity index (χ1v) is 11.1. The maximum atomic E-state index is 11.7. The summed E-state index contributed by atoms with van der Waals surface area (Å²) in [6, 6.07) is 7.91. The van der Waals surface area contributed by atoms with E-state index in [1.54, 1.807) is 0 Å². The van der Waals surface area contributed by atoms with E-state index in [0.29, 0.717) is 19.4 Å². The van der Waals surface area contributed by atoms with Crippen molar-refractivity contribution in [3.8, 4) is 0 Å². The molecule has 0 heterocycles. The first-order valence-electron chi connectivity index (χ1n) is 8.20. The van der Waals surface area contributed by atoms with Crippen LogP contribution >= 0.6 is 0 Å². The smallest absolute Gasteiger partial charge is 0.314 e. The van der Waals surface area contributed by atoms with Gasteiger partial charge in [0.05, 0.1) is 12.0 Å². The minimum absolute atomic E-state index is 0.190. The van der Waals surface area contributed by atoms with Crippen molar-refractivity contribution in [1.82, 2.24) is 0 Å². The number of hydrogen-bond acceptors (Lipinski definition) is 2. The summed E-state index contributed by atoms with van der Waals surface area (Å²) >= 11 is 0. The lowest BCUT2D eigenvalue weighted by atomic mass is 9.78. The van der Waals surface area contributed by atoms with Crippen LogP contribution in [0.4, 0.5) is 0 Å². The Morgan fingerprint density at radius 1 is 1.17 bits per heavy atom. The fourth-order valence-electron chi connectivity index (χ4n) is 2.59. The molecule has 0 radical (unpaired) electrons. The van der Waals surface area contributed by atoms with E-state index in [0.717, 1.165) is 11.1 Å². The summed E-state index contributed by atoms with van der Waals surface area (Å²) in [5.41, 5.74) is 1.20. The molecule has 4 heteroatoms. The number of allylic oxidation sites excluding steroid dienone is 2. The van der Waals surface area contributed by atoms with Crippen molar-refractivity contribution in [2.45, 2.75) is 63.8 Å². The summed E-state index contributed by atoms with van der Waals surface area (Å²) < 4.78 is 6.23. The molecule has 1 aliphatic rings. The minimum Gasteiger partial charge on any atom is -0.481 e. The monoisotopic (exact) mass is 332 g/mol. The Labute approximate surface area is 140 Å². The molecule has 23 heavy (non-hydrogen) atoms. The van der Waals surface area contributed by atoms with Gasteiger partial charge in [0.2, 0.25) is 0 Å². The summed E-state index contributed by atoms with van der Waals surface area (Å²) in [5.74, 6) is -0.743.